The number of fused-ring (bicyclic) bond motifs is 1. The van der Waals surface area contributed by atoms with E-state index in [1.807, 2.05) is 31.0 Å². The van der Waals surface area contributed by atoms with Crippen LogP contribution in [-0.2, 0) is 11.2 Å². The van der Waals surface area contributed by atoms with Crippen molar-refractivity contribution in [2.24, 2.45) is 5.92 Å². The highest BCUT2D eigenvalue weighted by Gasteiger charge is 2.30. The third kappa shape index (κ3) is 2.78. The van der Waals surface area contributed by atoms with Gasteiger partial charge in [0.2, 0.25) is 0 Å². The summed E-state index contributed by atoms with van der Waals surface area (Å²) in [6.45, 7) is 2.73. The van der Waals surface area contributed by atoms with Crippen molar-refractivity contribution in [2.75, 3.05) is 13.6 Å². The minimum Gasteiger partial charge on any atom is -0.391 e. The number of hydrogen-bond donors (Lipinski definition) is 2. The molecule has 1 atom stereocenters. The molecule has 0 saturated heterocycles. The van der Waals surface area contributed by atoms with Crippen LogP contribution in [0.2, 0.25) is 0 Å². The number of nitrogens with zero attached hydrogens (tertiary/aromatic N) is 1. The van der Waals surface area contributed by atoms with Gasteiger partial charge in [-0.15, -0.1) is 0 Å². The second-order valence-electron chi connectivity index (χ2n) is 6.16. The number of amides is 1. The molecule has 1 aliphatic carbocycles. The SMILES string of the molecule is CN/C(=C\C(=N)C(=O)N1CCc2ccccc2[C@H]1C)C1CC1. The van der Waals surface area contributed by atoms with Gasteiger partial charge >= 0.3 is 0 Å². The van der Waals surface area contributed by atoms with Crippen LogP contribution in [0.1, 0.15) is 36.9 Å². The van der Waals surface area contributed by atoms with E-state index in [-0.39, 0.29) is 17.7 Å². The topological polar surface area (TPSA) is 56.2 Å². The van der Waals surface area contributed by atoms with Crippen LogP contribution in [0.5, 0.6) is 0 Å². The summed E-state index contributed by atoms with van der Waals surface area (Å²) >= 11 is 0. The Morgan fingerprint density at radius 1 is 1.36 bits per heavy atom. The maximum absolute atomic E-state index is 12.6. The van der Waals surface area contributed by atoms with Gasteiger partial charge in [-0.3, -0.25) is 10.2 Å². The van der Waals surface area contributed by atoms with Crippen LogP contribution < -0.4 is 5.32 Å². The molecule has 116 valence electrons. The van der Waals surface area contributed by atoms with Crippen LogP contribution in [0.3, 0.4) is 0 Å². The summed E-state index contributed by atoms with van der Waals surface area (Å²) in [6.07, 6.45) is 4.89. The fourth-order valence-electron chi connectivity index (χ4n) is 3.21. The van der Waals surface area contributed by atoms with E-state index < -0.39 is 0 Å². The predicted octanol–water partition coefficient (Wildman–Crippen LogP) is 2.67. The van der Waals surface area contributed by atoms with Crippen LogP contribution in [-0.4, -0.2) is 30.1 Å². The summed E-state index contributed by atoms with van der Waals surface area (Å²) in [6, 6.07) is 8.31. The van der Waals surface area contributed by atoms with Crippen LogP contribution in [0.4, 0.5) is 0 Å². The second-order valence-corrected chi connectivity index (χ2v) is 6.16. The van der Waals surface area contributed by atoms with Crippen molar-refractivity contribution in [1.82, 2.24) is 10.2 Å². The van der Waals surface area contributed by atoms with Crippen LogP contribution in [0.15, 0.2) is 36.0 Å². The molecule has 1 aromatic carbocycles. The molecule has 1 fully saturated rings. The van der Waals surface area contributed by atoms with E-state index in [1.165, 1.54) is 11.1 Å². The van der Waals surface area contributed by atoms with E-state index in [0.29, 0.717) is 12.5 Å². The quantitative estimate of drug-likeness (QED) is 0.840. The van der Waals surface area contributed by atoms with Gasteiger partial charge in [0.25, 0.3) is 5.91 Å². The lowest BCUT2D eigenvalue weighted by atomic mass is 9.93. The van der Waals surface area contributed by atoms with Crippen molar-refractivity contribution < 1.29 is 4.79 Å². The number of carbonyl (C=O) groups is 1. The third-order valence-corrected chi connectivity index (χ3v) is 4.69. The maximum atomic E-state index is 12.6. The van der Waals surface area contributed by atoms with Gasteiger partial charge in [0.1, 0.15) is 5.71 Å². The van der Waals surface area contributed by atoms with E-state index in [4.69, 9.17) is 5.41 Å². The summed E-state index contributed by atoms with van der Waals surface area (Å²) in [7, 11) is 1.86. The van der Waals surface area contributed by atoms with Gasteiger partial charge in [0.15, 0.2) is 0 Å². The summed E-state index contributed by atoms with van der Waals surface area (Å²) in [5, 5.41) is 11.3. The molecule has 3 rings (SSSR count). The Bertz CT molecular complexity index is 631. The molecular formula is C18H23N3O. The molecule has 0 aromatic heterocycles. The standard InChI is InChI=1S/C18H23N3O/c1-12-15-6-4-3-5-13(15)9-10-21(12)18(22)16(19)11-17(20-2)14-7-8-14/h3-6,11-12,14,19-20H,7-10H2,1-2H3/b17-11-,19-16?/t12-/m1/s1. The number of carbonyl (C=O) groups excluding carboxylic acids is 1. The summed E-state index contributed by atoms with van der Waals surface area (Å²) < 4.78 is 0. The first kappa shape index (κ1) is 14.8. The normalized spacial score (nSPS) is 21.3. The van der Waals surface area contributed by atoms with Crippen molar-refractivity contribution in [3.8, 4) is 0 Å². The molecule has 2 N–H and O–H groups in total. The Hall–Kier alpha value is -2.10. The van der Waals surface area contributed by atoms with Gasteiger partial charge in [-0.2, -0.15) is 0 Å². The highest BCUT2D eigenvalue weighted by Crippen LogP contribution is 2.35. The summed E-state index contributed by atoms with van der Waals surface area (Å²) in [5.41, 5.74) is 3.62. The highest BCUT2D eigenvalue weighted by atomic mass is 16.2. The summed E-state index contributed by atoms with van der Waals surface area (Å²) in [4.78, 5) is 14.5. The van der Waals surface area contributed by atoms with Crippen LogP contribution in [0.25, 0.3) is 0 Å². The van der Waals surface area contributed by atoms with E-state index in [2.05, 4.69) is 17.4 Å². The average molecular weight is 297 g/mol. The van der Waals surface area contributed by atoms with Gasteiger partial charge in [0, 0.05) is 19.3 Å². The van der Waals surface area contributed by atoms with Crippen molar-refractivity contribution >= 4 is 11.6 Å². The lowest BCUT2D eigenvalue weighted by Crippen LogP contribution is -2.42. The van der Waals surface area contributed by atoms with Gasteiger partial charge in [0.05, 0.1) is 6.04 Å². The lowest BCUT2D eigenvalue weighted by Gasteiger charge is -2.35. The first-order valence-corrected chi connectivity index (χ1v) is 7.98. The molecule has 2 aliphatic rings. The first-order valence-electron chi connectivity index (χ1n) is 7.98. The second kappa shape index (κ2) is 5.95. The zero-order valence-corrected chi connectivity index (χ0v) is 13.2. The van der Waals surface area contributed by atoms with Crippen molar-refractivity contribution in [3.63, 3.8) is 0 Å². The largest absolute Gasteiger partial charge is 0.391 e. The van der Waals surface area contributed by atoms with Gasteiger partial charge in [-0.25, -0.2) is 0 Å². The molecular weight excluding hydrogens is 274 g/mol. The minimum atomic E-state index is -0.171. The molecule has 4 heteroatoms. The number of nitrogens with one attached hydrogen (secondary N) is 2. The van der Waals surface area contributed by atoms with E-state index in [1.54, 1.807) is 6.08 Å². The molecule has 1 amide bonds. The van der Waals surface area contributed by atoms with E-state index in [9.17, 15) is 4.79 Å². The molecule has 0 spiro atoms. The molecule has 22 heavy (non-hydrogen) atoms. The van der Waals surface area contributed by atoms with Gasteiger partial charge < -0.3 is 10.2 Å². The number of benzene rings is 1. The monoisotopic (exact) mass is 297 g/mol. The molecule has 1 aromatic rings. The van der Waals surface area contributed by atoms with Crippen molar-refractivity contribution in [1.29, 1.82) is 5.41 Å². The van der Waals surface area contributed by atoms with Crippen LogP contribution in [0, 0.1) is 11.3 Å². The summed E-state index contributed by atoms with van der Waals surface area (Å²) in [5.74, 6) is 0.341. The molecule has 4 nitrogen and oxygen atoms in total. The average Bonchev–Trinajstić information content (AvgIpc) is 3.37. The third-order valence-electron chi connectivity index (χ3n) is 4.69. The number of hydrogen-bond acceptors (Lipinski definition) is 3. The minimum absolute atomic E-state index is 0.0326. The zero-order valence-electron chi connectivity index (χ0n) is 13.2. The molecule has 1 saturated carbocycles. The Balaban J connectivity index is 1.77. The Morgan fingerprint density at radius 3 is 2.77 bits per heavy atom. The zero-order chi connectivity index (χ0) is 15.7. The first-order chi connectivity index (χ1) is 10.6. The van der Waals surface area contributed by atoms with E-state index >= 15 is 0 Å². The predicted molar refractivity (Wildman–Crippen MR) is 87.9 cm³/mol. The molecule has 1 heterocycles. The molecule has 0 bridgehead atoms. The van der Waals surface area contributed by atoms with Crippen molar-refractivity contribution in [2.45, 2.75) is 32.2 Å². The molecule has 0 unspecified atom stereocenters. The Morgan fingerprint density at radius 2 is 2.09 bits per heavy atom. The Kier molecular flexibility index (Phi) is 4.01. The molecule has 0 radical (unpaired) electrons. The smallest absolute Gasteiger partial charge is 0.272 e. The lowest BCUT2D eigenvalue weighted by molar-refractivity contribution is -0.126. The highest BCUT2D eigenvalue weighted by molar-refractivity contribution is 6.42. The van der Waals surface area contributed by atoms with Gasteiger partial charge in [-0.1, -0.05) is 24.3 Å². The van der Waals surface area contributed by atoms with Gasteiger partial charge in [-0.05, 0) is 49.3 Å². The number of allylic oxidation sites excluding steroid dienone is 1. The van der Waals surface area contributed by atoms with Crippen LogP contribution >= 0.6 is 0 Å². The fraction of sp³-hybridized carbons (Fsp3) is 0.444. The molecule has 1 aliphatic heterocycles. The van der Waals surface area contributed by atoms with Crippen molar-refractivity contribution in [3.05, 3.63) is 47.2 Å². The Labute approximate surface area is 131 Å². The maximum Gasteiger partial charge on any atom is 0.272 e. The fourth-order valence-corrected chi connectivity index (χ4v) is 3.21. The van der Waals surface area contributed by atoms with E-state index in [0.717, 1.165) is 25.0 Å². The number of rotatable bonds is 4.